The van der Waals surface area contributed by atoms with E-state index in [0.717, 1.165) is 0 Å². The molecule has 1 amide bonds. The maximum absolute atomic E-state index is 11.8. The van der Waals surface area contributed by atoms with Gasteiger partial charge in [0.2, 0.25) is 5.91 Å². The number of hydrogen-bond donors (Lipinski definition) is 1. The number of methoxy groups -OCH3 is 1. The number of ether oxygens (including phenoxy) is 1. The van der Waals surface area contributed by atoms with Crippen LogP contribution in [0.5, 0.6) is 0 Å². The maximum atomic E-state index is 11.8. The van der Waals surface area contributed by atoms with Crippen LogP contribution < -0.4 is 5.32 Å². The highest BCUT2D eigenvalue weighted by atomic mass is 35.5. The standard InChI is InChI=1S/C12H10Cl3N3O4/c1-4(19)16-10-7(14)9(5-3-6(13)18-22-5)17-11(8(10)15)12(20)21-2/h5H,3H2,1-2H3,(H,16,17,19). The van der Waals surface area contributed by atoms with Crippen LogP contribution in [0.3, 0.4) is 0 Å². The molecule has 2 rings (SSSR count). The molecule has 1 N–H and O–H groups in total. The molecule has 0 fully saturated rings. The van der Waals surface area contributed by atoms with Gasteiger partial charge in [0, 0.05) is 13.3 Å². The fourth-order valence-corrected chi connectivity index (χ4v) is 2.58. The molecule has 1 atom stereocenters. The largest absolute Gasteiger partial charge is 0.464 e. The molecule has 1 aromatic rings. The van der Waals surface area contributed by atoms with E-state index in [0.29, 0.717) is 0 Å². The first kappa shape index (κ1) is 16.8. The Labute approximate surface area is 140 Å². The Morgan fingerprint density at radius 1 is 1.32 bits per heavy atom. The Hall–Kier alpha value is -1.57. The number of aromatic nitrogens is 1. The van der Waals surface area contributed by atoms with Gasteiger partial charge in [-0.05, 0) is 0 Å². The Balaban J connectivity index is 2.57. The van der Waals surface area contributed by atoms with Crippen molar-refractivity contribution >= 4 is 57.5 Å². The minimum Gasteiger partial charge on any atom is -0.464 e. The molecule has 0 aliphatic carbocycles. The van der Waals surface area contributed by atoms with Crippen LogP contribution in [-0.4, -0.2) is 29.1 Å². The minimum atomic E-state index is -0.778. The molecule has 0 saturated heterocycles. The molecule has 0 bridgehead atoms. The van der Waals surface area contributed by atoms with E-state index in [2.05, 4.69) is 20.2 Å². The number of rotatable bonds is 3. The van der Waals surface area contributed by atoms with Gasteiger partial charge in [-0.2, -0.15) is 0 Å². The Morgan fingerprint density at radius 3 is 2.50 bits per heavy atom. The van der Waals surface area contributed by atoms with Crippen LogP contribution in [0.25, 0.3) is 0 Å². The molecule has 118 valence electrons. The zero-order chi connectivity index (χ0) is 16.4. The third kappa shape index (κ3) is 3.26. The molecule has 7 nitrogen and oxygen atoms in total. The van der Waals surface area contributed by atoms with Crippen LogP contribution in [0.15, 0.2) is 5.16 Å². The van der Waals surface area contributed by atoms with Crippen molar-refractivity contribution in [2.24, 2.45) is 5.16 Å². The third-order valence-electron chi connectivity index (χ3n) is 2.72. The fourth-order valence-electron chi connectivity index (χ4n) is 1.79. The van der Waals surface area contributed by atoms with Crippen LogP contribution in [0, 0.1) is 0 Å². The van der Waals surface area contributed by atoms with Gasteiger partial charge < -0.3 is 14.9 Å². The van der Waals surface area contributed by atoms with Crippen molar-refractivity contribution in [2.45, 2.75) is 19.4 Å². The second kappa shape index (κ2) is 6.68. The number of halogens is 3. The summed E-state index contributed by atoms with van der Waals surface area (Å²) >= 11 is 18.1. The van der Waals surface area contributed by atoms with Crippen molar-refractivity contribution in [3.8, 4) is 0 Å². The molecule has 1 aromatic heterocycles. The van der Waals surface area contributed by atoms with Gasteiger partial charge in [-0.15, -0.1) is 0 Å². The Bertz CT molecular complexity index is 678. The van der Waals surface area contributed by atoms with E-state index in [-0.39, 0.29) is 38.7 Å². The van der Waals surface area contributed by atoms with Crippen LogP contribution in [0.2, 0.25) is 10.0 Å². The highest BCUT2D eigenvalue weighted by Gasteiger charge is 2.31. The van der Waals surface area contributed by atoms with Crippen LogP contribution >= 0.6 is 34.8 Å². The number of esters is 1. The van der Waals surface area contributed by atoms with Gasteiger partial charge in [-0.1, -0.05) is 40.0 Å². The van der Waals surface area contributed by atoms with E-state index in [1.54, 1.807) is 0 Å². The molecule has 0 spiro atoms. The van der Waals surface area contributed by atoms with E-state index >= 15 is 0 Å². The van der Waals surface area contributed by atoms with Crippen LogP contribution in [0.1, 0.15) is 35.6 Å². The van der Waals surface area contributed by atoms with Crippen molar-refractivity contribution < 1.29 is 19.2 Å². The lowest BCUT2D eigenvalue weighted by molar-refractivity contribution is -0.114. The summed E-state index contributed by atoms with van der Waals surface area (Å²) in [5, 5.41) is 6.20. The fraction of sp³-hybridized carbons (Fsp3) is 0.333. The van der Waals surface area contributed by atoms with Gasteiger partial charge >= 0.3 is 5.97 Å². The average molecular weight is 367 g/mol. The van der Waals surface area contributed by atoms with Gasteiger partial charge in [-0.3, -0.25) is 4.79 Å². The van der Waals surface area contributed by atoms with Gasteiger partial charge in [-0.25, -0.2) is 9.78 Å². The first-order chi connectivity index (χ1) is 10.3. The van der Waals surface area contributed by atoms with Crippen LogP contribution in [0.4, 0.5) is 5.69 Å². The maximum Gasteiger partial charge on any atom is 0.358 e. The SMILES string of the molecule is COC(=O)c1nc(C2CC(Cl)=NO2)c(Cl)c(NC(C)=O)c1Cl. The summed E-state index contributed by atoms with van der Waals surface area (Å²) in [5.74, 6) is -1.20. The molecule has 10 heteroatoms. The number of hydrogen-bond acceptors (Lipinski definition) is 6. The van der Waals surface area contributed by atoms with E-state index in [1.807, 2.05) is 0 Å². The molecular weight excluding hydrogens is 357 g/mol. The van der Waals surface area contributed by atoms with Gasteiger partial charge in [0.1, 0.15) is 10.9 Å². The van der Waals surface area contributed by atoms with E-state index < -0.39 is 18.0 Å². The number of amides is 1. The molecule has 1 unspecified atom stereocenters. The summed E-state index contributed by atoms with van der Waals surface area (Å²) in [5.41, 5.74) is 0.0291. The number of anilines is 1. The summed E-state index contributed by atoms with van der Waals surface area (Å²) in [6.45, 7) is 1.27. The predicted octanol–water partition coefficient (Wildman–Crippen LogP) is 3.15. The second-order valence-corrected chi connectivity index (χ2v) is 5.48. The first-order valence-electron chi connectivity index (χ1n) is 5.98. The number of pyridine rings is 1. The molecule has 2 heterocycles. The van der Waals surface area contributed by atoms with Crippen LogP contribution in [-0.2, 0) is 14.4 Å². The first-order valence-corrected chi connectivity index (χ1v) is 7.11. The smallest absolute Gasteiger partial charge is 0.358 e. The quantitative estimate of drug-likeness (QED) is 0.830. The second-order valence-electron chi connectivity index (χ2n) is 4.29. The molecule has 1 aliphatic rings. The number of nitrogens with zero attached hydrogens (tertiary/aromatic N) is 2. The summed E-state index contributed by atoms with van der Waals surface area (Å²) in [6.07, 6.45) is -0.455. The van der Waals surface area contributed by atoms with Crippen molar-refractivity contribution in [1.29, 1.82) is 0 Å². The van der Waals surface area contributed by atoms with Gasteiger partial charge in [0.05, 0.1) is 22.8 Å². The van der Waals surface area contributed by atoms with E-state index in [1.165, 1.54) is 14.0 Å². The van der Waals surface area contributed by atoms with Crippen molar-refractivity contribution in [3.63, 3.8) is 0 Å². The lowest BCUT2D eigenvalue weighted by Gasteiger charge is -2.16. The normalized spacial score (nSPS) is 16.8. The number of carbonyl (C=O) groups excluding carboxylic acids is 2. The monoisotopic (exact) mass is 365 g/mol. The zero-order valence-electron chi connectivity index (χ0n) is 11.4. The lowest BCUT2D eigenvalue weighted by atomic mass is 10.1. The average Bonchev–Trinajstić information content (AvgIpc) is 2.89. The van der Waals surface area contributed by atoms with Gasteiger partial charge in [0.25, 0.3) is 0 Å². The molecule has 0 aromatic carbocycles. The third-order valence-corrected chi connectivity index (χ3v) is 3.70. The highest BCUT2D eigenvalue weighted by molar-refractivity contribution is 6.65. The molecule has 0 saturated carbocycles. The Morgan fingerprint density at radius 2 is 2.00 bits per heavy atom. The zero-order valence-corrected chi connectivity index (χ0v) is 13.7. The van der Waals surface area contributed by atoms with Gasteiger partial charge in [0.15, 0.2) is 11.8 Å². The lowest BCUT2D eigenvalue weighted by Crippen LogP contribution is -2.15. The summed E-state index contributed by atoms with van der Waals surface area (Å²) < 4.78 is 4.62. The highest BCUT2D eigenvalue weighted by Crippen LogP contribution is 2.40. The molecular formula is C12H10Cl3N3O4. The number of carbonyl (C=O) groups is 2. The molecule has 22 heavy (non-hydrogen) atoms. The topological polar surface area (TPSA) is 89.9 Å². The predicted molar refractivity (Wildman–Crippen MR) is 81.6 cm³/mol. The molecule has 1 aliphatic heterocycles. The number of oxime groups is 1. The van der Waals surface area contributed by atoms with E-state index in [9.17, 15) is 9.59 Å². The summed E-state index contributed by atoms with van der Waals surface area (Å²) in [4.78, 5) is 32.3. The summed E-state index contributed by atoms with van der Waals surface area (Å²) in [6, 6.07) is 0. The van der Waals surface area contributed by atoms with Crippen molar-refractivity contribution in [2.75, 3.05) is 12.4 Å². The Kier molecular flexibility index (Phi) is 5.10. The van der Waals surface area contributed by atoms with Crippen molar-refractivity contribution in [1.82, 2.24) is 4.98 Å². The van der Waals surface area contributed by atoms with Crippen molar-refractivity contribution in [3.05, 3.63) is 21.4 Å². The van der Waals surface area contributed by atoms with E-state index in [4.69, 9.17) is 39.6 Å². The summed E-state index contributed by atoms with van der Waals surface area (Å²) in [7, 11) is 1.18. The minimum absolute atomic E-state index is 0.0411. The molecule has 0 radical (unpaired) electrons. The number of nitrogens with one attached hydrogen (secondary N) is 1.